The molecule has 0 fully saturated rings. The predicted octanol–water partition coefficient (Wildman–Crippen LogP) is 3.32. The Hall–Kier alpha value is -4.08. The first-order valence-electron chi connectivity index (χ1n) is 10.6. The van der Waals surface area contributed by atoms with Crippen LogP contribution >= 0.6 is 0 Å². The van der Waals surface area contributed by atoms with E-state index in [9.17, 15) is 4.79 Å². The van der Waals surface area contributed by atoms with Crippen LogP contribution in [0.15, 0.2) is 36.5 Å². The number of ether oxygens (including phenoxy) is 2. The summed E-state index contributed by atoms with van der Waals surface area (Å²) in [6, 6.07) is 9.48. The molecule has 172 valence electrons. The molecule has 10 heteroatoms. The standard InChI is InChI=1S/C23H27N7O3/c1-13(2)25-21(31)12-33-19-7-6-15(10-20(19)32-5)22-27-23(30(4)29-22)26-17-9-16-11-24-28-18(16)8-14(17)3/h6-11,13H,12H2,1-5H3,(H,24,28)(H,25,31)(H,26,27,29). The summed E-state index contributed by atoms with van der Waals surface area (Å²) < 4.78 is 12.8. The van der Waals surface area contributed by atoms with E-state index in [0.717, 1.165) is 27.7 Å². The summed E-state index contributed by atoms with van der Waals surface area (Å²) in [4.78, 5) is 16.5. The third-order valence-electron chi connectivity index (χ3n) is 5.02. The number of aromatic nitrogens is 5. The van der Waals surface area contributed by atoms with E-state index >= 15 is 0 Å². The van der Waals surface area contributed by atoms with Gasteiger partial charge in [0.15, 0.2) is 23.9 Å². The number of carbonyl (C=O) groups excluding carboxylic acids is 1. The first kappa shape index (κ1) is 22.1. The van der Waals surface area contributed by atoms with Gasteiger partial charge in [-0.15, -0.1) is 5.10 Å². The molecule has 0 atom stereocenters. The highest BCUT2D eigenvalue weighted by Crippen LogP contribution is 2.32. The van der Waals surface area contributed by atoms with Gasteiger partial charge in [0, 0.05) is 29.7 Å². The summed E-state index contributed by atoms with van der Waals surface area (Å²) in [7, 11) is 3.38. The molecule has 0 saturated heterocycles. The molecule has 2 aromatic heterocycles. The van der Waals surface area contributed by atoms with Crippen molar-refractivity contribution >= 4 is 28.4 Å². The highest BCUT2D eigenvalue weighted by Gasteiger charge is 2.15. The number of nitrogens with zero attached hydrogens (tertiary/aromatic N) is 4. The fourth-order valence-electron chi connectivity index (χ4n) is 3.40. The highest BCUT2D eigenvalue weighted by molar-refractivity contribution is 5.84. The second-order valence-electron chi connectivity index (χ2n) is 8.01. The van der Waals surface area contributed by atoms with Crippen LogP contribution in [0, 0.1) is 6.92 Å². The summed E-state index contributed by atoms with van der Waals surface area (Å²) in [5.74, 6) is 1.90. The Kier molecular flexibility index (Phi) is 6.16. The number of rotatable bonds is 8. The molecule has 0 bridgehead atoms. The van der Waals surface area contributed by atoms with Gasteiger partial charge in [0.25, 0.3) is 5.91 Å². The molecular formula is C23H27N7O3. The number of hydrogen-bond acceptors (Lipinski definition) is 7. The van der Waals surface area contributed by atoms with E-state index in [1.165, 1.54) is 0 Å². The average molecular weight is 450 g/mol. The van der Waals surface area contributed by atoms with Crippen molar-refractivity contribution in [3.05, 3.63) is 42.1 Å². The minimum absolute atomic E-state index is 0.0498. The van der Waals surface area contributed by atoms with Gasteiger partial charge >= 0.3 is 0 Å². The van der Waals surface area contributed by atoms with Gasteiger partial charge < -0.3 is 20.1 Å². The van der Waals surface area contributed by atoms with Gasteiger partial charge in [0.2, 0.25) is 5.95 Å². The fraction of sp³-hybridized carbons (Fsp3) is 0.304. The van der Waals surface area contributed by atoms with Gasteiger partial charge in [-0.2, -0.15) is 10.1 Å². The molecule has 0 aliphatic heterocycles. The van der Waals surface area contributed by atoms with Crippen LogP contribution in [0.5, 0.6) is 11.5 Å². The SMILES string of the molecule is COc1cc(-c2nc(Nc3cc4cn[nH]c4cc3C)n(C)n2)ccc1OCC(=O)NC(C)C. The molecular weight excluding hydrogens is 422 g/mol. The molecule has 4 aromatic rings. The number of hydrogen-bond donors (Lipinski definition) is 3. The van der Waals surface area contributed by atoms with Crippen LogP contribution in [0.25, 0.3) is 22.3 Å². The maximum absolute atomic E-state index is 11.9. The molecule has 2 heterocycles. The zero-order valence-electron chi connectivity index (χ0n) is 19.3. The maximum atomic E-state index is 11.9. The Bertz CT molecular complexity index is 1290. The third-order valence-corrected chi connectivity index (χ3v) is 5.02. The van der Waals surface area contributed by atoms with Crippen molar-refractivity contribution in [2.24, 2.45) is 7.05 Å². The summed E-state index contributed by atoms with van der Waals surface area (Å²) in [6.07, 6.45) is 1.78. The zero-order chi connectivity index (χ0) is 23.5. The van der Waals surface area contributed by atoms with Crippen molar-refractivity contribution in [3.8, 4) is 22.9 Å². The fourth-order valence-corrected chi connectivity index (χ4v) is 3.40. The van der Waals surface area contributed by atoms with E-state index in [1.807, 2.05) is 46.0 Å². The Labute approximate surface area is 191 Å². The summed E-state index contributed by atoms with van der Waals surface area (Å²) in [6.45, 7) is 5.72. The largest absolute Gasteiger partial charge is 0.493 e. The topological polar surface area (TPSA) is 119 Å². The van der Waals surface area contributed by atoms with Crippen molar-refractivity contribution in [2.45, 2.75) is 26.8 Å². The molecule has 0 unspecified atom stereocenters. The van der Waals surface area contributed by atoms with Gasteiger partial charge in [-0.25, -0.2) is 4.68 Å². The first-order chi connectivity index (χ1) is 15.8. The Morgan fingerprint density at radius 1 is 1.21 bits per heavy atom. The second kappa shape index (κ2) is 9.19. The lowest BCUT2D eigenvalue weighted by Gasteiger charge is -2.12. The van der Waals surface area contributed by atoms with Crippen LogP contribution in [-0.4, -0.2) is 50.6 Å². The smallest absolute Gasteiger partial charge is 0.258 e. The minimum Gasteiger partial charge on any atom is -0.493 e. The van der Waals surface area contributed by atoms with Gasteiger partial charge in [-0.3, -0.25) is 9.89 Å². The summed E-state index contributed by atoms with van der Waals surface area (Å²) >= 11 is 0. The van der Waals surface area contributed by atoms with Crippen LogP contribution in [-0.2, 0) is 11.8 Å². The van der Waals surface area contributed by atoms with Crippen LogP contribution in [0.2, 0.25) is 0 Å². The molecule has 0 radical (unpaired) electrons. The van der Waals surface area contributed by atoms with Crippen LogP contribution in [0.1, 0.15) is 19.4 Å². The van der Waals surface area contributed by atoms with E-state index in [0.29, 0.717) is 23.3 Å². The van der Waals surface area contributed by atoms with E-state index in [2.05, 4.69) is 30.9 Å². The highest BCUT2D eigenvalue weighted by atomic mass is 16.5. The normalized spacial score (nSPS) is 11.1. The maximum Gasteiger partial charge on any atom is 0.258 e. The second-order valence-corrected chi connectivity index (χ2v) is 8.01. The van der Waals surface area contributed by atoms with E-state index in [4.69, 9.17) is 9.47 Å². The number of methoxy groups -OCH3 is 1. The molecule has 0 spiro atoms. The van der Waals surface area contributed by atoms with Gasteiger partial charge in [-0.1, -0.05) is 0 Å². The number of H-pyrrole nitrogens is 1. The van der Waals surface area contributed by atoms with E-state index in [-0.39, 0.29) is 18.6 Å². The van der Waals surface area contributed by atoms with Gasteiger partial charge in [0.05, 0.1) is 18.8 Å². The lowest BCUT2D eigenvalue weighted by molar-refractivity contribution is -0.123. The number of aryl methyl sites for hydroxylation is 2. The molecule has 2 aromatic carbocycles. The van der Waals surface area contributed by atoms with Crippen LogP contribution in [0.3, 0.4) is 0 Å². The quantitative estimate of drug-likeness (QED) is 0.377. The van der Waals surface area contributed by atoms with Crippen LogP contribution in [0.4, 0.5) is 11.6 Å². The summed E-state index contributed by atoms with van der Waals surface area (Å²) in [5, 5.41) is 18.7. The number of fused-ring (bicyclic) bond motifs is 1. The number of benzene rings is 2. The molecule has 10 nitrogen and oxygen atoms in total. The number of nitrogens with one attached hydrogen (secondary N) is 3. The number of amides is 1. The van der Waals surface area contributed by atoms with E-state index in [1.54, 1.807) is 30.1 Å². The molecule has 4 rings (SSSR count). The Morgan fingerprint density at radius 2 is 2.03 bits per heavy atom. The van der Waals surface area contributed by atoms with Crippen LogP contribution < -0.4 is 20.1 Å². The molecule has 1 amide bonds. The van der Waals surface area contributed by atoms with Crippen molar-refractivity contribution < 1.29 is 14.3 Å². The molecule has 0 aliphatic carbocycles. The van der Waals surface area contributed by atoms with Crippen molar-refractivity contribution in [1.82, 2.24) is 30.3 Å². The van der Waals surface area contributed by atoms with Gasteiger partial charge in [0.1, 0.15) is 0 Å². The van der Waals surface area contributed by atoms with Crippen molar-refractivity contribution in [3.63, 3.8) is 0 Å². The number of anilines is 2. The first-order valence-corrected chi connectivity index (χ1v) is 10.6. The van der Waals surface area contributed by atoms with Crippen molar-refractivity contribution in [2.75, 3.05) is 19.0 Å². The number of carbonyl (C=O) groups is 1. The minimum atomic E-state index is -0.192. The lowest BCUT2D eigenvalue weighted by Crippen LogP contribution is -2.34. The molecule has 0 saturated carbocycles. The Morgan fingerprint density at radius 3 is 2.79 bits per heavy atom. The monoisotopic (exact) mass is 449 g/mol. The third kappa shape index (κ3) is 4.89. The van der Waals surface area contributed by atoms with E-state index < -0.39 is 0 Å². The van der Waals surface area contributed by atoms with Crippen molar-refractivity contribution in [1.29, 1.82) is 0 Å². The van der Waals surface area contributed by atoms with Gasteiger partial charge in [-0.05, 0) is 56.7 Å². The average Bonchev–Trinajstić information content (AvgIpc) is 3.38. The summed E-state index contributed by atoms with van der Waals surface area (Å²) in [5.41, 5.74) is 3.72. The molecule has 0 aliphatic rings. The zero-order valence-corrected chi connectivity index (χ0v) is 19.3. The predicted molar refractivity (Wildman–Crippen MR) is 126 cm³/mol. The molecule has 33 heavy (non-hydrogen) atoms. The Balaban J connectivity index is 1.54. The molecule has 3 N–H and O–H groups in total. The lowest BCUT2D eigenvalue weighted by atomic mass is 10.1. The number of aromatic amines is 1.